The summed E-state index contributed by atoms with van der Waals surface area (Å²) in [6.07, 6.45) is 1.08. The molecule has 1 saturated heterocycles. The molecule has 0 aliphatic carbocycles. The molecule has 2 heterocycles. The highest BCUT2D eigenvalue weighted by Gasteiger charge is 2.29. The molecule has 0 radical (unpaired) electrons. The SMILES string of the molecule is CCn1c(=O)oc2cc(S(=O)(=O)N3CCC(C#N)CC3)ccc21. The van der Waals surface area contributed by atoms with Gasteiger partial charge in [0.2, 0.25) is 10.0 Å². The first kappa shape index (κ1) is 15.8. The molecule has 7 nitrogen and oxygen atoms in total. The Morgan fingerprint density at radius 3 is 2.65 bits per heavy atom. The van der Waals surface area contributed by atoms with Crippen LogP contribution in [0.3, 0.4) is 0 Å². The molecular formula is C15H17N3O4S. The normalized spacial score (nSPS) is 17.4. The maximum Gasteiger partial charge on any atom is 0.419 e. The van der Waals surface area contributed by atoms with Gasteiger partial charge < -0.3 is 4.42 Å². The lowest BCUT2D eigenvalue weighted by Gasteiger charge is -2.28. The van der Waals surface area contributed by atoms with Crippen LogP contribution in [-0.2, 0) is 16.6 Å². The molecule has 1 aromatic heterocycles. The minimum atomic E-state index is -3.64. The molecule has 122 valence electrons. The van der Waals surface area contributed by atoms with Gasteiger partial charge in [-0.3, -0.25) is 4.57 Å². The van der Waals surface area contributed by atoms with Crippen LogP contribution in [0.2, 0.25) is 0 Å². The predicted octanol–water partition coefficient (Wildman–Crippen LogP) is 1.54. The quantitative estimate of drug-likeness (QED) is 0.847. The Hall–Kier alpha value is -2.11. The number of nitrogens with zero attached hydrogens (tertiary/aromatic N) is 3. The molecule has 0 saturated carbocycles. The number of oxazole rings is 1. The van der Waals surface area contributed by atoms with Gasteiger partial charge in [-0.2, -0.15) is 9.57 Å². The van der Waals surface area contributed by atoms with Crippen LogP contribution < -0.4 is 5.76 Å². The van der Waals surface area contributed by atoms with Gasteiger partial charge in [0.15, 0.2) is 5.58 Å². The molecule has 0 N–H and O–H groups in total. The standard InChI is InChI=1S/C15H17N3O4S/c1-2-18-13-4-3-12(9-14(13)22-15(18)19)23(20,21)17-7-5-11(10-16)6-8-17/h3-4,9,11H,2,5-8H2,1H3. The first-order valence-electron chi connectivity index (χ1n) is 7.50. The van der Waals surface area contributed by atoms with E-state index in [0.717, 1.165) is 0 Å². The highest BCUT2D eigenvalue weighted by molar-refractivity contribution is 7.89. The summed E-state index contributed by atoms with van der Waals surface area (Å²) in [6.45, 7) is 2.94. The van der Waals surface area contributed by atoms with Crippen LogP contribution in [-0.4, -0.2) is 30.4 Å². The van der Waals surface area contributed by atoms with Gasteiger partial charge in [0.25, 0.3) is 0 Å². The second-order valence-electron chi connectivity index (χ2n) is 5.55. The van der Waals surface area contributed by atoms with Gasteiger partial charge in [0.05, 0.1) is 16.5 Å². The number of sulfonamides is 1. The van der Waals surface area contributed by atoms with Crippen molar-refractivity contribution in [3.8, 4) is 6.07 Å². The summed E-state index contributed by atoms with van der Waals surface area (Å²) in [5.74, 6) is -0.576. The van der Waals surface area contributed by atoms with Crippen LogP contribution >= 0.6 is 0 Å². The van der Waals surface area contributed by atoms with E-state index >= 15 is 0 Å². The van der Waals surface area contributed by atoms with Crippen LogP contribution in [0.4, 0.5) is 0 Å². The minimum absolute atomic E-state index is 0.0828. The molecule has 0 unspecified atom stereocenters. The summed E-state index contributed by atoms with van der Waals surface area (Å²) in [6, 6.07) is 6.67. The van der Waals surface area contributed by atoms with Gasteiger partial charge in [-0.1, -0.05) is 0 Å². The average molecular weight is 335 g/mol. The first-order chi connectivity index (χ1) is 11.0. The lowest BCUT2D eigenvalue weighted by atomic mass is 10.0. The number of benzene rings is 1. The summed E-state index contributed by atoms with van der Waals surface area (Å²) in [7, 11) is -3.64. The zero-order valence-corrected chi connectivity index (χ0v) is 13.5. The van der Waals surface area contributed by atoms with E-state index in [0.29, 0.717) is 38.0 Å². The zero-order valence-electron chi connectivity index (χ0n) is 12.7. The van der Waals surface area contributed by atoms with Crippen molar-refractivity contribution in [2.24, 2.45) is 5.92 Å². The van der Waals surface area contributed by atoms with Crippen molar-refractivity contribution in [1.29, 1.82) is 5.26 Å². The third-order valence-corrected chi connectivity index (χ3v) is 6.12. The highest BCUT2D eigenvalue weighted by Crippen LogP contribution is 2.25. The second kappa shape index (κ2) is 5.83. The lowest BCUT2D eigenvalue weighted by molar-refractivity contribution is 0.310. The molecule has 1 fully saturated rings. The Bertz CT molecular complexity index is 928. The number of piperidine rings is 1. The van der Waals surface area contributed by atoms with E-state index in [-0.39, 0.29) is 16.4 Å². The number of hydrogen-bond acceptors (Lipinski definition) is 5. The third kappa shape index (κ3) is 2.66. The van der Waals surface area contributed by atoms with Crippen LogP contribution in [0.5, 0.6) is 0 Å². The van der Waals surface area contributed by atoms with Crippen molar-refractivity contribution >= 4 is 21.1 Å². The van der Waals surface area contributed by atoms with Crippen LogP contribution in [0.25, 0.3) is 11.1 Å². The molecule has 23 heavy (non-hydrogen) atoms. The van der Waals surface area contributed by atoms with Crippen molar-refractivity contribution in [1.82, 2.24) is 8.87 Å². The fraction of sp³-hybridized carbons (Fsp3) is 0.467. The molecule has 3 rings (SSSR count). The number of rotatable bonds is 3. The fourth-order valence-electron chi connectivity index (χ4n) is 2.88. The van der Waals surface area contributed by atoms with Crippen LogP contribution in [0.15, 0.2) is 32.3 Å². The van der Waals surface area contributed by atoms with Crippen LogP contribution in [0, 0.1) is 17.2 Å². The third-order valence-electron chi connectivity index (χ3n) is 4.23. The summed E-state index contributed by atoms with van der Waals surface area (Å²) in [4.78, 5) is 11.8. The summed E-state index contributed by atoms with van der Waals surface area (Å²) < 4.78 is 33.4. The van der Waals surface area contributed by atoms with Gasteiger partial charge in [0, 0.05) is 31.6 Å². The van der Waals surface area contributed by atoms with Crippen LogP contribution in [0.1, 0.15) is 19.8 Å². The van der Waals surface area contributed by atoms with Crippen molar-refractivity contribution < 1.29 is 12.8 Å². The molecule has 0 bridgehead atoms. The second-order valence-corrected chi connectivity index (χ2v) is 7.49. The molecule has 1 aliphatic heterocycles. The molecule has 2 aromatic rings. The molecule has 1 aromatic carbocycles. The monoisotopic (exact) mass is 335 g/mol. The minimum Gasteiger partial charge on any atom is -0.408 e. The Morgan fingerprint density at radius 2 is 2.04 bits per heavy atom. The topological polar surface area (TPSA) is 96.3 Å². The van der Waals surface area contributed by atoms with E-state index in [4.69, 9.17) is 9.68 Å². The van der Waals surface area contributed by atoms with Gasteiger partial charge in [-0.05, 0) is 31.9 Å². The first-order valence-corrected chi connectivity index (χ1v) is 8.94. The largest absolute Gasteiger partial charge is 0.419 e. The van der Waals surface area contributed by atoms with Crippen molar-refractivity contribution in [2.45, 2.75) is 31.2 Å². The molecule has 0 spiro atoms. The number of aromatic nitrogens is 1. The maximum atomic E-state index is 12.7. The fourth-order valence-corrected chi connectivity index (χ4v) is 4.37. The van der Waals surface area contributed by atoms with Crippen molar-refractivity contribution in [3.05, 3.63) is 28.7 Å². The Balaban J connectivity index is 1.96. The predicted molar refractivity (Wildman–Crippen MR) is 83.2 cm³/mol. The van der Waals surface area contributed by atoms with E-state index in [1.807, 2.05) is 6.92 Å². The Morgan fingerprint density at radius 1 is 1.35 bits per heavy atom. The van der Waals surface area contributed by atoms with E-state index < -0.39 is 15.8 Å². The molecular weight excluding hydrogens is 318 g/mol. The van der Waals surface area contributed by atoms with E-state index in [1.165, 1.54) is 21.0 Å². The summed E-state index contributed by atoms with van der Waals surface area (Å²) >= 11 is 0. The summed E-state index contributed by atoms with van der Waals surface area (Å²) in [5, 5.41) is 8.90. The number of nitriles is 1. The number of fused-ring (bicyclic) bond motifs is 1. The summed E-state index contributed by atoms with van der Waals surface area (Å²) in [5.41, 5.74) is 0.851. The Kier molecular flexibility index (Phi) is 4.00. The molecule has 8 heteroatoms. The number of aryl methyl sites for hydroxylation is 1. The van der Waals surface area contributed by atoms with Gasteiger partial charge in [-0.25, -0.2) is 13.2 Å². The highest BCUT2D eigenvalue weighted by atomic mass is 32.2. The molecule has 0 amide bonds. The van der Waals surface area contributed by atoms with E-state index in [1.54, 1.807) is 6.07 Å². The molecule has 0 atom stereocenters. The van der Waals surface area contributed by atoms with Crippen molar-refractivity contribution in [3.63, 3.8) is 0 Å². The average Bonchev–Trinajstić information content (AvgIpc) is 2.88. The van der Waals surface area contributed by atoms with E-state index in [2.05, 4.69) is 6.07 Å². The maximum absolute atomic E-state index is 12.7. The van der Waals surface area contributed by atoms with Crippen molar-refractivity contribution in [2.75, 3.05) is 13.1 Å². The van der Waals surface area contributed by atoms with Gasteiger partial charge in [-0.15, -0.1) is 0 Å². The lowest BCUT2D eigenvalue weighted by Crippen LogP contribution is -2.38. The van der Waals surface area contributed by atoms with Gasteiger partial charge >= 0.3 is 5.76 Å². The molecule has 1 aliphatic rings. The van der Waals surface area contributed by atoms with E-state index in [9.17, 15) is 13.2 Å². The Labute approximate surface area is 133 Å². The smallest absolute Gasteiger partial charge is 0.408 e. The zero-order chi connectivity index (χ0) is 16.6. The van der Waals surface area contributed by atoms with Gasteiger partial charge in [0.1, 0.15) is 0 Å². The number of hydrogen-bond donors (Lipinski definition) is 0.